The van der Waals surface area contributed by atoms with Gasteiger partial charge < -0.3 is 52.1 Å². The lowest BCUT2D eigenvalue weighted by Crippen LogP contribution is -2.36. The molecule has 98 heavy (non-hydrogen) atoms. The summed E-state index contributed by atoms with van der Waals surface area (Å²) >= 11 is 0. The van der Waals surface area contributed by atoms with E-state index in [1.165, 1.54) is 5.69 Å². The highest BCUT2D eigenvalue weighted by Gasteiger charge is 2.39. The Kier molecular flexibility index (Phi) is 26.3. The first-order chi connectivity index (χ1) is 47.7. The number of aromatic nitrogens is 4. The number of benzene rings is 4. The van der Waals surface area contributed by atoms with Crippen molar-refractivity contribution in [2.45, 2.75) is 182 Å². The number of hydrogen-bond acceptors (Lipinski definition) is 7. The largest absolute Gasteiger partial charge is 0.497 e. The van der Waals surface area contributed by atoms with Crippen LogP contribution in [0, 0.1) is 0 Å². The molecule has 0 bridgehead atoms. The Morgan fingerprint density at radius 3 is 0.949 bits per heavy atom. The van der Waals surface area contributed by atoms with Crippen molar-refractivity contribution in [1.29, 1.82) is 0 Å². The second-order valence-corrected chi connectivity index (χ2v) is 25.8. The van der Waals surface area contributed by atoms with Gasteiger partial charge in [0.15, 0.2) is 0 Å². The molecule has 0 aliphatic heterocycles. The number of methoxy groups -OCH3 is 3. The molecule has 15 nitrogen and oxygen atoms in total. The van der Waals surface area contributed by atoms with Crippen LogP contribution in [0.4, 0.5) is 17.6 Å². The minimum atomic E-state index is -0.406. The van der Waals surface area contributed by atoms with Gasteiger partial charge in [-0.15, -0.1) is 0 Å². The Balaban J connectivity index is 0.000000153. The zero-order chi connectivity index (χ0) is 70.3. The number of alkyl halides is 4. The summed E-state index contributed by atoms with van der Waals surface area (Å²) in [6, 6.07) is 25.8. The molecule has 0 radical (unpaired) electrons. The van der Waals surface area contributed by atoms with Gasteiger partial charge in [-0.1, -0.05) is 24.6 Å². The topological polar surface area (TPSA) is 129 Å². The fraction of sp³-hybridized carbons (Fsp3) is 0.544. The Bertz CT molecular complexity index is 4020. The fourth-order valence-corrected chi connectivity index (χ4v) is 16.5. The van der Waals surface area contributed by atoms with Gasteiger partial charge in [0.25, 0.3) is 0 Å². The number of amides is 4. The van der Waals surface area contributed by atoms with E-state index >= 15 is 0 Å². The molecular weight excluding hydrogens is 1240 g/mol. The smallest absolute Gasteiger partial charge is 0.230 e. The molecule has 4 unspecified atom stereocenters. The van der Waals surface area contributed by atoms with E-state index in [-0.39, 0.29) is 54.0 Å². The number of ether oxygens (including phenoxy) is 3. The van der Waals surface area contributed by atoms with Crippen molar-refractivity contribution < 1.29 is 51.0 Å². The number of rotatable bonds is 23. The molecule has 0 N–H and O–H groups in total. The number of likely N-dealkylation sites (N-methyl/N-ethyl adjacent to an activating group) is 4. The number of carbonyl (C=O) groups excluding carboxylic acids is 4. The van der Waals surface area contributed by atoms with E-state index in [2.05, 4.69) is 19.8 Å². The third-order valence-corrected chi connectivity index (χ3v) is 21.1. The number of halogens is 4. The van der Waals surface area contributed by atoms with Crippen LogP contribution in [-0.2, 0) is 71.0 Å². The van der Waals surface area contributed by atoms with E-state index in [1.54, 1.807) is 21.3 Å². The van der Waals surface area contributed by atoms with Crippen molar-refractivity contribution in [3.63, 3.8) is 0 Å². The molecule has 19 heteroatoms. The van der Waals surface area contributed by atoms with Crippen LogP contribution in [0.15, 0.2) is 78.9 Å². The average molecular weight is 1350 g/mol. The predicted octanol–water partition coefficient (Wildman–Crippen LogP) is 15.6. The van der Waals surface area contributed by atoms with Crippen molar-refractivity contribution in [1.82, 2.24) is 37.9 Å². The van der Waals surface area contributed by atoms with E-state index in [4.69, 9.17) is 14.2 Å². The number of nitrogens with zero attached hydrogens (tertiary/aromatic N) is 8. The summed E-state index contributed by atoms with van der Waals surface area (Å²) in [5, 5.41) is 4.23. The van der Waals surface area contributed by atoms with Crippen LogP contribution in [-0.4, -0.2) is 162 Å². The molecule has 4 aromatic carbocycles. The van der Waals surface area contributed by atoms with Gasteiger partial charge in [-0.2, -0.15) is 0 Å². The lowest BCUT2D eigenvalue weighted by atomic mass is 9.84. The maximum Gasteiger partial charge on any atom is 0.230 e. The van der Waals surface area contributed by atoms with Crippen molar-refractivity contribution in [3.8, 4) is 17.2 Å². The van der Waals surface area contributed by atoms with E-state index in [0.29, 0.717) is 65.4 Å². The van der Waals surface area contributed by atoms with Gasteiger partial charge in [0.05, 0.1) is 71.2 Å². The minimum absolute atomic E-state index is 0.0792. The molecule has 532 valence electrons. The quantitative estimate of drug-likeness (QED) is 0.0461. The number of aryl methyl sites for hydroxylation is 4. The molecule has 4 amide bonds. The van der Waals surface area contributed by atoms with E-state index in [0.717, 1.165) is 190 Å². The number of carbonyl (C=O) groups is 4. The molecule has 0 saturated carbocycles. The van der Waals surface area contributed by atoms with Crippen LogP contribution < -0.4 is 14.2 Å². The first-order valence-corrected chi connectivity index (χ1v) is 36.3. The molecule has 0 spiro atoms. The third-order valence-electron chi connectivity index (χ3n) is 21.1. The second kappa shape index (κ2) is 34.7. The van der Waals surface area contributed by atoms with E-state index in [9.17, 15) is 36.7 Å². The van der Waals surface area contributed by atoms with Crippen molar-refractivity contribution in [3.05, 3.63) is 124 Å². The summed E-state index contributed by atoms with van der Waals surface area (Å²) in [4.78, 5) is 59.9. The van der Waals surface area contributed by atoms with Crippen LogP contribution in [0.25, 0.3) is 43.6 Å². The highest BCUT2D eigenvalue weighted by Crippen LogP contribution is 2.46. The first-order valence-electron chi connectivity index (χ1n) is 36.3. The maximum atomic E-state index is 13.3. The maximum absolute atomic E-state index is 13.3. The van der Waals surface area contributed by atoms with Gasteiger partial charge in [-0.25, -0.2) is 17.6 Å². The second-order valence-electron chi connectivity index (χ2n) is 25.8. The highest BCUT2D eigenvalue weighted by molar-refractivity contribution is 5.98. The van der Waals surface area contributed by atoms with E-state index in [1.807, 2.05) is 152 Å². The van der Waals surface area contributed by atoms with Gasteiger partial charge in [-0.05, 0) is 209 Å². The summed E-state index contributed by atoms with van der Waals surface area (Å²) in [6.45, 7) is 21.7. The highest BCUT2D eigenvalue weighted by atomic mass is 18.2. The molecule has 4 aromatic heterocycles. The van der Waals surface area contributed by atoms with Crippen molar-refractivity contribution in [2.75, 3.05) is 100 Å². The summed E-state index contributed by atoms with van der Waals surface area (Å²) < 4.78 is 77.0. The summed E-state index contributed by atoms with van der Waals surface area (Å²) in [5.41, 5.74) is 13.0. The Morgan fingerprint density at radius 2 is 0.633 bits per heavy atom. The van der Waals surface area contributed by atoms with Crippen molar-refractivity contribution in [2.24, 2.45) is 0 Å². The lowest BCUT2D eigenvalue weighted by Gasteiger charge is -2.29. The average Bonchev–Trinajstić information content (AvgIpc) is 1.47. The Morgan fingerprint density at radius 1 is 0.357 bits per heavy atom. The zero-order valence-electron chi connectivity index (χ0n) is 60.1. The van der Waals surface area contributed by atoms with Gasteiger partial charge in [0.2, 0.25) is 23.6 Å². The monoisotopic (exact) mass is 1350 g/mol. The molecule has 4 heterocycles. The first kappa shape index (κ1) is 74.3. The third kappa shape index (κ3) is 14.8. The molecule has 12 rings (SSSR count). The molecule has 8 aromatic rings. The van der Waals surface area contributed by atoms with Crippen molar-refractivity contribution >= 4 is 67.2 Å². The number of hydrogen-bond donors (Lipinski definition) is 0. The zero-order valence-corrected chi connectivity index (χ0v) is 60.1. The Hall–Kier alpha value is -7.96. The summed E-state index contributed by atoms with van der Waals surface area (Å²) in [7, 11) is 4.93. The summed E-state index contributed by atoms with van der Waals surface area (Å²) in [6.07, 6.45) is 11.0. The molecule has 4 aliphatic carbocycles. The van der Waals surface area contributed by atoms with Crippen LogP contribution >= 0.6 is 0 Å². The van der Waals surface area contributed by atoms with Crippen LogP contribution in [0.5, 0.6) is 17.2 Å². The molecule has 4 atom stereocenters. The van der Waals surface area contributed by atoms with Gasteiger partial charge in [-0.3, -0.25) is 19.2 Å². The van der Waals surface area contributed by atoms with Crippen LogP contribution in [0.3, 0.4) is 0 Å². The standard InChI is InChI=1S/C21H29FN2O2.C20H27FN2O2.C19H25FN2O2.C19H25FN2O/c1-4-23(5-2)21(25)16-8-6-7-9-19-20(16)17-14-15(26-3)10-11-18(17)24(19)13-12-22;1-4-22(5-2)20(24)15-7-6-8-18-19(15)16-13-14(25-3)9-10-17(16)23(18)12-11-21;1-4-21(5-2)19(23)14-7-9-17-18(14)15-12-13(24-3)6-8-16(15)22(17)11-10-20;1-3-21(4-2)19(23)15-9-7-11-17-18(15)14-8-5-6-10-16(14)22(17)13-12-20/h10-11,14,16H,4-9,12-13H2,1-3H3;9-10,13,15H,4-8,11-12H2,1-3H3;6,8,12,14H,4-5,7,9-11H2,1-3H3;5-6,8,10,15H,3-4,7,9,11-13H2,1-2H3/i22-1;21-1;2*20-1. The number of fused-ring (bicyclic) bond motifs is 12. The SMILES string of the molecule is CCN(CC)C(=O)C1CCCCc2c1c1cc(OC)ccc1n2CC[18F].CCN(CC)C(=O)C1CCCc2c1c1cc(OC)ccc1n2CC[18F].CCN(CC)C(=O)C1CCCc2c1c1ccccc1n2CC[18F].CCN(CC)C(=O)C1CCc2c1c1cc(OC)ccc1n2CC[18F]. The van der Waals surface area contributed by atoms with Gasteiger partial charge >= 0.3 is 0 Å². The lowest BCUT2D eigenvalue weighted by molar-refractivity contribution is -0.133. The normalized spacial score (nSPS) is 16.8. The number of para-hydroxylation sites is 1. The molecule has 4 aliphatic rings. The molecular formula is C79H106F4N8O7. The van der Waals surface area contributed by atoms with E-state index < -0.39 is 20.0 Å². The van der Waals surface area contributed by atoms with Gasteiger partial charge in [0, 0.05) is 119 Å². The predicted molar refractivity (Wildman–Crippen MR) is 386 cm³/mol. The van der Waals surface area contributed by atoms with Gasteiger partial charge in [0.1, 0.15) is 43.9 Å². The minimum Gasteiger partial charge on any atom is -0.497 e. The fourth-order valence-electron chi connectivity index (χ4n) is 16.5. The molecule has 0 fully saturated rings. The van der Waals surface area contributed by atoms with Crippen LogP contribution in [0.2, 0.25) is 0 Å². The molecule has 0 saturated heterocycles. The Labute approximate surface area is 577 Å². The summed E-state index contributed by atoms with van der Waals surface area (Å²) in [5.74, 6) is 2.60. The van der Waals surface area contributed by atoms with Crippen LogP contribution in [0.1, 0.15) is 175 Å².